The molecule has 0 aliphatic carbocycles. The highest BCUT2D eigenvalue weighted by molar-refractivity contribution is 7.12. The van der Waals surface area contributed by atoms with Crippen LogP contribution in [0.1, 0.15) is 15.5 Å². The molecular weight excluding hydrogens is 406 g/mol. The van der Waals surface area contributed by atoms with Crippen LogP contribution < -0.4 is 10.2 Å². The van der Waals surface area contributed by atoms with E-state index in [9.17, 15) is 4.79 Å². The number of nitrogens with one attached hydrogen (secondary N) is 1. The van der Waals surface area contributed by atoms with Gasteiger partial charge in [0.05, 0.1) is 22.5 Å². The van der Waals surface area contributed by atoms with Crippen LogP contribution in [0, 0.1) is 0 Å². The molecule has 1 N–H and O–H groups in total. The molecule has 7 heteroatoms. The van der Waals surface area contributed by atoms with Crippen molar-refractivity contribution < 1.29 is 4.79 Å². The fraction of sp³-hybridized carbons (Fsp3) is 0.250. The van der Waals surface area contributed by atoms with Gasteiger partial charge in [-0.1, -0.05) is 18.2 Å². The van der Waals surface area contributed by atoms with Gasteiger partial charge in [-0.25, -0.2) is 4.98 Å². The summed E-state index contributed by atoms with van der Waals surface area (Å²) in [5, 5.41) is 4.87. The van der Waals surface area contributed by atoms with Crippen molar-refractivity contribution in [2.75, 3.05) is 36.4 Å². The van der Waals surface area contributed by atoms with E-state index in [1.54, 1.807) is 0 Å². The van der Waals surface area contributed by atoms with Crippen LogP contribution in [0.15, 0.2) is 66.0 Å². The number of aromatic nitrogens is 2. The second-order valence-electron chi connectivity index (χ2n) is 7.82. The number of thiophene rings is 1. The van der Waals surface area contributed by atoms with Crippen molar-refractivity contribution >= 4 is 39.7 Å². The molecule has 1 fully saturated rings. The largest absolute Gasteiger partial charge is 0.369 e. The van der Waals surface area contributed by atoms with Crippen molar-refractivity contribution in [3.05, 3.63) is 76.7 Å². The van der Waals surface area contributed by atoms with E-state index in [0.29, 0.717) is 0 Å². The quantitative estimate of drug-likeness (QED) is 0.514. The summed E-state index contributed by atoms with van der Waals surface area (Å²) >= 11 is 1.45. The Kier molecular flexibility index (Phi) is 5.44. The number of carbonyl (C=O) groups is 1. The molecule has 5 rings (SSSR count). The molecule has 158 valence electrons. The summed E-state index contributed by atoms with van der Waals surface area (Å²) in [6.45, 7) is 4.82. The van der Waals surface area contributed by atoms with Crippen LogP contribution in [0.4, 0.5) is 11.4 Å². The number of aryl methyl sites for hydroxylation is 1. The third-order valence-corrected chi connectivity index (χ3v) is 6.72. The summed E-state index contributed by atoms with van der Waals surface area (Å²) in [6.07, 6.45) is 0. The van der Waals surface area contributed by atoms with Gasteiger partial charge < -0.3 is 14.8 Å². The average Bonchev–Trinajstić information content (AvgIpc) is 3.44. The van der Waals surface area contributed by atoms with Crippen molar-refractivity contribution in [1.82, 2.24) is 14.5 Å². The lowest BCUT2D eigenvalue weighted by molar-refractivity contribution is 0.103. The molecule has 4 aromatic rings. The molecule has 1 aliphatic heterocycles. The lowest BCUT2D eigenvalue weighted by Crippen LogP contribution is -2.46. The number of anilines is 2. The summed E-state index contributed by atoms with van der Waals surface area (Å²) < 4.78 is 2.20. The van der Waals surface area contributed by atoms with E-state index in [-0.39, 0.29) is 5.91 Å². The first-order chi connectivity index (χ1) is 15.2. The number of fused-ring (bicyclic) bond motifs is 1. The molecule has 3 heterocycles. The highest BCUT2D eigenvalue weighted by Crippen LogP contribution is 2.22. The van der Waals surface area contributed by atoms with Gasteiger partial charge in [-0.3, -0.25) is 9.69 Å². The molecule has 0 spiro atoms. The number of carbonyl (C=O) groups excluding carboxylic acids is 1. The highest BCUT2D eigenvalue weighted by Gasteiger charge is 2.19. The Balaban J connectivity index is 1.17. The number of imidazole rings is 1. The van der Waals surface area contributed by atoms with E-state index < -0.39 is 0 Å². The molecule has 0 unspecified atom stereocenters. The summed E-state index contributed by atoms with van der Waals surface area (Å²) in [5.74, 6) is 1.05. The number of hydrogen-bond donors (Lipinski definition) is 1. The molecule has 0 radical (unpaired) electrons. The van der Waals surface area contributed by atoms with E-state index in [4.69, 9.17) is 4.98 Å². The standard InChI is InChI=1S/C24H25N5OS/c1-27-21-6-3-2-5-20(21)26-23(27)17-28-12-14-29(15-13-28)19-10-8-18(9-11-19)25-24(30)22-7-4-16-31-22/h2-11,16H,12-15,17H2,1H3,(H,25,30). The maximum absolute atomic E-state index is 12.2. The summed E-state index contributed by atoms with van der Waals surface area (Å²) in [7, 11) is 2.10. The van der Waals surface area contributed by atoms with Crippen molar-refractivity contribution in [3.8, 4) is 0 Å². The number of amides is 1. The third-order valence-electron chi connectivity index (χ3n) is 5.85. The first-order valence-electron chi connectivity index (χ1n) is 10.5. The number of rotatable bonds is 5. The molecule has 2 aromatic carbocycles. The second kappa shape index (κ2) is 8.53. The normalized spacial score (nSPS) is 14.8. The number of piperazine rings is 1. The third kappa shape index (κ3) is 4.19. The Bertz CT molecular complexity index is 1170. The van der Waals surface area contributed by atoms with Crippen molar-refractivity contribution in [1.29, 1.82) is 0 Å². The number of hydrogen-bond acceptors (Lipinski definition) is 5. The minimum Gasteiger partial charge on any atom is -0.369 e. The lowest BCUT2D eigenvalue weighted by Gasteiger charge is -2.36. The Labute approximate surface area is 185 Å². The van der Waals surface area contributed by atoms with Crippen LogP contribution in [0.3, 0.4) is 0 Å². The monoisotopic (exact) mass is 431 g/mol. The lowest BCUT2D eigenvalue weighted by atomic mass is 10.2. The van der Waals surface area contributed by atoms with Gasteiger partial charge in [0.25, 0.3) is 5.91 Å². The van der Waals surface area contributed by atoms with Crippen LogP contribution in [-0.4, -0.2) is 46.5 Å². The van der Waals surface area contributed by atoms with Gasteiger partial charge in [-0.2, -0.15) is 0 Å². The van der Waals surface area contributed by atoms with Crippen LogP contribution in [0.25, 0.3) is 11.0 Å². The van der Waals surface area contributed by atoms with Crippen molar-refractivity contribution in [2.45, 2.75) is 6.54 Å². The van der Waals surface area contributed by atoms with Crippen LogP contribution in [0.5, 0.6) is 0 Å². The molecule has 0 bridgehead atoms. The van der Waals surface area contributed by atoms with Gasteiger partial charge in [-0.05, 0) is 47.8 Å². The molecular formula is C24H25N5OS. The van der Waals surface area contributed by atoms with Crippen LogP contribution in [-0.2, 0) is 13.6 Å². The SMILES string of the molecule is Cn1c(CN2CCN(c3ccc(NC(=O)c4cccs4)cc3)CC2)nc2ccccc21. The molecule has 1 amide bonds. The van der Waals surface area contributed by atoms with Gasteiger partial charge >= 0.3 is 0 Å². The molecule has 0 atom stereocenters. The summed E-state index contributed by atoms with van der Waals surface area (Å²) in [5.41, 5.74) is 4.26. The molecule has 0 saturated carbocycles. The molecule has 2 aromatic heterocycles. The smallest absolute Gasteiger partial charge is 0.265 e. The summed E-state index contributed by atoms with van der Waals surface area (Å²) in [6, 6.07) is 20.2. The maximum Gasteiger partial charge on any atom is 0.265 e. The predicted octanol–water partition coefficient (Wildman–Crippen LogP) is 4.21. The van der Waals surface area contributed by atoms with Gasteiger partial charge in [0.2, 0.25) is 0 Å². The van der Waals surface area contributed by atoms with E-state index >= 15 is 0 Å². The number of nitrogens with zero attached hydrogens (tertiary/aromatic N) is 4. The predicted molar refractivity (Wildman–Crippen MR) is 127 cm³/mol. The zero-order chi connectivity index (χ0) is 21.2. The molecule has 6 nitrogen and oxygen atoms in total. The average molecular weight is 432 g/mol. The van der Waals surface area contributed by atoms with E-state index in [2.05, 4.69) is 57.1 Å². The fourth-order valence-electron chi connectivity index (χ4n) is 4.06. The maximum atomic E-state index is 12.2. The topological polar surface area (TPSA) is 53.4 Å². The Morgan fingerprint density at radius 3 is 2.48 bits per heavy atom. The molecule has 1 aliphatic rings. The van der Waals surface area contributed by atoms with E-state index in [1.165, 1.54) is 22.5 Å². The first kappa shape index (κ1) is 19.8. The van der Waals surface area contributed by atoms with Gasteiger partial charge in [0, 0.05) is 44.6 Å². The van der Waals surface area contributed by atoms with Crippen molar-refractivity contribution in [3.63, 3.8) is 0 Å². The van der Waals surface area contributed by atoms with Gasteiger partial charge in [0.15, 0.2) is 0 Å². The second-order valence-corrected chi connectivity index (χ2v) is 8.76. The minimum absolute atomic E-state index is 0.0571. The zero-order valence-electron chi connectivity index (χ0n) is 17.5. The van der Waals surface area contributed by atoms with E-state index in [1.807, 2.05) is 35.7 Å². The number of benzene rings is 2. The molecule has 31 heavy (non-hydrogen) atoms. The summed E-state index contributed by atoms with van der Waals surface area (Å²) in [4.78, 5) is 22.6. The van der Waals surface area contributed by atoms with E-state index in [0.717, 1.165) is 54.6 Å². The van der Waals surface area contributed by atoms with Crippen LogP contribution >= 0.6 is 11.3 Å². The van der Waals surface area contributed by atoms with Crippen LogP contribution in [0.2, 0.25) is 0 Å². The number of para-hydroxylation sites is 2. The Hall–Kier alpha value is -3.16. The Morgan fingerprint density at radius 1 is 1.00 bits per heavy atom. The van der Waals surface area contributed by atoms with Gasteiger partial charge in [-0.15, -0.1) is 11.3 Å². The zero-order valence-corrected chi connectivity index (χ0v) is 18.3. The first-order valence-corrected chi connectivity index (χ1v) is 11.4. The fourth-order valence-corrected chi connectivity index (χ4v) is 4.68. The Morgan fingerprint density at radius 2 is 1.77 bits per heavy atom. The highest BCUT2D eigenvalue weighted by atomic mass is 32.1. The van der Waals surface area contributed by atoms with Crippen molar-refractivity contribution in [2.24, 2.45) is 7.05 Å². The minimum atomic E-state index is -0.0571. The van der Waals surface area contributed by atoms with Gasteiger partial charge in [0.1, 0.15) is 5.82 Å². The molecule has 1 saturated heterocycles.